The molecule has 1 saturated heterocycles. The maximum Gasteiger partial charge on any atom is 0.243 e. The molecule has 192 valence electrons. The molecule has 2 aromatic heterocycles. The monoisotopic (exact) mass is 526 g/mol. The molecule has 1 aliphatic carbocycles. The van der Waals surface area contributed by atoms with Crippen LogP contribution in [0.25, 0.3) is 0 Å². The van der Waals surface area contributed by atoms with Gasteiger partial charge in [-0.15, -0.1) is 0 Å². The first kappa shape index (κ1) is 23.9. The molecule has 2 aliphatic rings. The van der Waals surface area contributed by atoms with Gasteiger partial charge in [0.15, 0.2) is 23.3 Å². The molecule has 4 aromatic rings. The van der Waals surface area contributed by atoms with E-state index >= 15 is 0 Å². The van der Waals surface area contributed by atoms with Crippen LogP contribution in [0.15, 0.2) is 68.6 Å². The summed E-state index contributed by atoms with van der Waals surface area (Å²) < 4.78 is 66.3. The van der Waals surface area contributed by atoms with E-state index in [-0.39, 0.29) is 18.0 Å². The molecule has 1 saturated carbocycles. The summed E-state index contributed by atoms with van der Waals surface area (Å²) in [5, 5.41) is 4.18. The van der Waals surface area contributed by atoms with E-state index in [1.54, 1.807) is 6.20 Å². The topological polar surface area (TPSA) is 102 Å². The normalized spacial score (nSPS) is 18.2. The molecule has 2 fully saturated rings. The second kappa shape index (κ2) is 9.14. The van der Waals surface area contributed by atoms with Crippen molar-refractivity contribution in [3.63, 3.8) is 0 Å². The molecule has 0 radical (unpaired) electrons. The Morgan fingerprint density at radius 3 is 2.49 bits per heavy atom. The molecule has 11 heteroatoms. The highest BCUT2D eigenvalue weighted by molar-refractivity contribution is 7.89. The van der Waals surface area contributed by atoms with E-state index in [0.29, 0.717) is 48.7 Å². The van der Waals surface area contributed by atoms with Crippen LogP contribution in [0.1, 0.15) is 60.5 Å². The fraction of sp³-hybridized carbons (Fsp3) is 0.346. The molecule has 0 bridgehead atoms. The number of hydrogen-bond donors (Lipinski definition) is 0. The van der Waals surface area contributed by atoms with Gasteiger partial charge in [0, 0.05) is 19.0 Å². The van der Waals surface area contributed by atoms with E-state index in [0.717, 1.165) is 36.4 Å². The van der Waals surface area contributed by atoms with E-state index in [1.165, 1.54) is 4.31 Å². The predicted octanol–water partition coefficient (Wildman–Crippen LogP) is 4.57. The van der Waals surface area contributed by atoms with Gasteiger partial charge in [-0.25, -0.2) is 22.2 Å². The molecule has 6 rings (SSSR count). The Morgan fingerprint density at radius 2 is 1.78 bits per heavy atom. The van der Waals surface area contributed by atoms with Crippen LogP contribution in [0.3, 0.4) is 0 Å². The van der Waals surface area contributed by atoms with Crippen LogP contribution in [-0.4, -0.2) is 40.9 Å². The Morgan fingerprint density at radius 1 is 1.03 bits per heavy atom. The van der Waals surface area contributed by atoms with Crippen molar-refractivity contribution in [2.75, 3.05) is 13.1 Å². The highest BCUT2D eigenvalue weighted by Crippen LogP contribution is 2.42. The van der Waals surface area contributed by atoms with Crippen LogP contribution in [0.5, 0.6) is 0 Å². The largest absolute Gasteiger partial charge is 0.445 e. The Balaban J connectivity index is 1.26. The third-order valence-electron chi connectivity index (χ3n) is 7.14. The maximum atomic E-state index is 13.7. The van der Waals surface area contributed by atoms with Gasteiger partial charge in [0.25, 0.3) is 0 Å². The molecule has 0 atom stereocenters. The molecule has 0 unspecified atom stereocenters. The van der Waals surface area contributed by atoms with Crippen molar-refractivity contribution in [3.05, 3.63) is 95.3 Å². The Bertz CT molecular complexity index is 1520. The van der Waals surface area contributed by atoms with Crippen molar-refractivity contribution >= 4 is 10.0 Å². The number of hydrogen-bond acceptors (Lipinski definition) is 7. The van der Waals surface area contributed by atoms with Crippen molar-refractivity contribution in [2.24, 2.45) is 0 Å². The predicted molar refractivity (Wildman–Crippen MR) is 127 cm³/mol. The summed E-state index contributed by atoms with van der Waals surface area (Å²) in [4.78, 5) is 8.75. The van der Waals surface area contributed by atoms with Crippen molar-refractivity contribution in [3.8, 4) is 0 Å². The second-order valence-electron chi connectivity index (χ2n) is 9.56. The lowest BCUT2D eigenvalue weighted by Gasteiger charge is -2.39. The number of halogens is 2. The summed E-state index contributed by atoms with van der Waals surface area (Å²) >= 11 is 0. The standard InChI is InChI=1S/C26H24F2N4O4S/c27-21-9-8-20(15-22(21)28)37(33,34)32-12-10-26(11-13-32,18-4-2-1-3-5-18)25-30-23(31-36-25)14-19-16-29-24(35-19)17-6-7-17/h1-5,8-9,15-17H,6-7,10-14H2. The summed E-state index contributed by atoms with van der Waals surface area (Å²) in [5.74, 6) is 0.377. The molecular formula is C26H24F2N4O4S. The molecule has 37 heavy (non-hydrogen) atoms. The Hall–Kier alpha value is -3.44. The summed E-state index contributed by atoms with van der Waals surface area (Å²) in [6, 6.07) is 12.3. The van der Waals surface area contributed by atoms with Gasteiger partial charge in [0.1, 0.15) is 5.76 Å². The quantitative estimate of drug-likeness (QED) is 0.347. The van der Waals surface area contributed by atoms with E-state index in [9.17, 15) is 17.2 Å². The summed E-state index contributed by atoms with van der Waals surface area (Å²) in [6.45, 7) is 0.279. The van der Waals surface area contributed by atoms with Crippen LogP contribution in [-0.2, 0) is 21.9 Å². The average molecular weight is 527 g/mol. The van der Waals surface area contributed by atoms with Gasteiger partial charge in [-0.3, -0.25) is 0 Å². The number of oxazole rings is 1. The van der Waals surface area contributed by atoms with Gasteiger partial charge >= 0.3 is 0 Å². The zero-order valence-electron chi connectivity index (χ0n) is 19.8. The first-order valence-electron chi connectivity index (χ1n) is 12.1. The highest BCUT2D eigenvalue weighted by atomic mass is 32.2. The van der Waals surface area contributed by atoms with Crippen LogP contribution in [0.2, 0.25) is 0 Å². The van der Waals surface area contributed by atoms with Crippen LogP contribution >= 0.6 is 0 Å². The van der Waals surface area contributed by atoms with Gasteiger partial charge < -0.3 is 8.94 Å². The first-order chi connectivity index (χ1) is 17.8. The molecular weight excluding hydrogens is 502 g/mol. The van der Waals surface area contributed by atoms with E-state index in [2.05, 4.69) is 15.1 Å². The summed E-state index contributed by atoms with van der Waals surface area (Å²) in [6.07, 6.45) is 4.96. The van der Waals surface area contributed by atoms with E-state index < -0.39 is 27.1 Å². The fourth-order valence-electron chi connectivity index (χ4n) is 4.88. The van der Waals surface area contributed by atoms with Crippen molar-refractivity contribution in [1.29, 1.82) is 0 Å². The summed E-state index contributed by atoms with van der Waals surface area (Å²) in [5.41, 5.74) is 0.235. The minimum atomic E-state index is -4.01. The van der Waals surface area contributed by atoms with Crippen molar-refractivity contribution in [2.45, 2.75) is 48.3 Å². The third-order valence-corrected chi connectivity index (χ3v) is 9.03. The molecule has 3 heterocycles. The van der Waals surface area contributed by atoms with Gasteiger partial charge in [-0.05, 0) is 49.4 Å². The van der Waals surface area contributed by atoms with Crippen LogP contribution in [0.4, 0.5) is 8.78 Å². The highest BCUT2D eigenvalue weighted by Gasteiger charge is 2.45. The lowest BCUT2D eigenvalue weighted by atomic mass is 9.73. The maximum absolute atomic E-state index is 13.7. The second-order valence-corrected chi connectivity index (χ2v) is 11.5. The van der Waals surface area contributed by atoms with Gasteiger partial charge in [-0.1, -0.05) is 35.5 Å². The third kappa shape index (κ3) is 4.46. The van der Waals surface area contributed by atoms with Gasteiger partial charge in [0.05, 0.1) is 22.9 Å². The first-order valence-corrected chi connectivity index (χ1v) is 13.6. The number of rotatable bonds is 7. The molecule has 2 aromatic carbocycles. The molecule has 0 N–H and O–H groups in total. The lowest BCUT2D eigenvalue weighted by Crippen LogP contribution is -2.46. The Labute approximate surface area is 212 Å². The number of benzene rings is 2. The minimum absolute atomic E-state index is 0.140. The van der Waals surface area contributed by atoms with E-state index in [1.807, 2.05) is 30.3 Å². The Kier molecular flexibility index (Phi) is 5.91. The van der Waals surface area contributed by atoms with Crippen LogP contribution < -0.4 is 0 Å². The number of piperidine rings is 1. The van der Waals surface area contributed by atoms with Crippen molar-refractivity contribution in [1.82, 2.24) is 19.4 Å². The molecule has 0 spiro atoms. The summed E-state index contributed by atoms with van der Waals surface area (Å²) in [7, 11) is -4.01. The minimum Gasteiger partial charge on any atom is -0.445 e. The lowest BCUT2D eigenvalue weighted by molar-refractivity contribution is 0.214. The van der Waals surface area contributed by atoms with Crippen LogP contribution in [0, 0.1) is 11.6 Å². The average Bonchev–Trinajstić information content (AvgIpc) is 3.48. The number of sulfonamides is 1. The zero-order chi connectivity index (χ0) is 25.6. The van der Waals surface area contributed by atoms with E-state index in [4.69, 9.17) is 8.94 Å². The number of aromatic nitrogens is 3. The fourth-order valence-corrected chi connectivity index (χ4v) is 6.33. The number of nitrogens with zero attached hydrogens (tertiary/aromatic N) is 4. The van der Waals surface area contributed by atoms with Gasteiger partial charge in [0.2, 0.25) is 15.9 Å². The SMILES string of the molecule is O=S(=O)(c1ccc(F)c(F)c1)N1CCC(c2ccccc2)(c2nc(Cc3cnc(C4CC4)o3)no2)CC1. The smallest absolute Gasteiger partial charge is 0.243 e. The molecule has 1 aliphatic heterocycles. The zero-order valence-corrected chi connectivity index (χ0v) is 20.6. The van der Waals surface area contributed by atoms with Crippen molar-refractivity contribution < 1.29 is 26.1 Å². The molecule has 8 nitrogen and oxygen atoms in total. The molecule has 0 amide bonds. The van der Waals surface area contributed by atoms with Gasteiger partial charge in [-0.2, -0.15) is 9.29 Å².